The lowest BCUT2D eigenvalue weighted by molar-refractivity contribution is 0.828. The van der Waals surface area contributed by atoms with Gasteiger partial charge >= 0.3 is 0 Å². The molecule has 0 amide bonds. The van der Waals surface area contributed by atoms with Crippen LogP contribution in [0.15, 0.2) is 30.3 Å². The zero-order valence-electron chi connectivity index (χ0n) is 10.3. The molecule has 2 heteroatoms. The van der Waals surface area contributed by atoms with Crippen LogP contribution in [-0.2, 0) is 6.42 Å². The number of rotatable bonds is 6. The van der Waals surface area contributed by atoms with Crippen molar-refractivity contribution in [3.05, 3.63) is 35.9 Å². The van der Waals surface area contributed by atoms with Gasteiger partial charge in [-0.3, -0.25) is 0 Å². The van der Waals surface area contributed by atoms with E-state index in [9.17, 15) is 0 Å². The van der Waals surface area contributed by atoms with Gasteiger partial charge in [-0.15, -0.1) is 11.6 Å². The van der Waals surface area contributed by atoms with E-state index in [-0.39, 0.29) is 5.38 Å². The molecule has 92 valence electrons. The Labute approximate surface area is 114 Å². The van der Waals surface area contributed by atoms with Crippen LogP contribution in [0.5, 0.6) is 0 Å². The molecule has 0 radical (unpaired) electrons. The Morgan fingerprint density at radius 3 is 2.76 bits per heavy atom. The molecule has 0 saturated heterocycles. The Kier molecular flexibility index (Phi) is 8.05. The highest BCUT2D eigenvalue weighted by atomic mass is 35.5. The van der Waals surface area contributed by atoms with Gasteiger partial charge < -0.3 is 0 Å². The maximum atomic E-state index is 6.27. The Morgan fingerprint density at radius 2 is 2.06 bits per heavy atom. The zero-order valence-corrected chi connectivity index (χ0v) is 11.9. The molecule has 0 N–H and O–H groups in total. The van der Waals surface area contributed by atoms with Gasteiger partial charge in [-0.05, 0) is 23.7 Å². The van der Waals surface area contributed by atoms with E-state index < -0.39 is 0 Å². The first kappa shape index (κ1) is 14.5. The first-order valence-electron chi connectivity index (χ1n) is 6.10. The summed E-state index contributed by atoms with van der Waals surface area (Å²) in [5, 5.41) is 3.29. The largest absolute Gasteiger partial charge is 0.122 e. The molecule has 1 rings (SSSR count). The predicted octanol–water partition coefficient (Wildman–Crippen LogP) is 4.72. The molecule has 0 heterocycles. The van der Waals surface area contributed by atoms with E-state index in [0.29, 0.717) is 0 Å². The third-order valence-corrected chi connectivity index (χ3v) is 3.71. The molecule has 1 aromatic carbocycles. The second-order valence-corrected chi connectivity index (χ2v) is 5.42. The summed E-state index contributed by atoms with van der Waals surface area (Å²) in [6.07, 6.45) is 4.34. The Balaban J connectivity index is 2.16. The monoisotopic (exact) mass is 266 g/mol. The van der Waals surface area contributed by atoms with Gasteiger partial charge in [-0.25, -0.2) is 0 Å². The van der Waals surface area contributed by atoms with E-state index in [1.54, 1.807) is 11.8 Å². The second kappa shape index (κ2) is 9.45. The van der Waals surface area contributed by atoms with E-state index in [1.807, 2.05) is 6.07 Å². The predicted molar refractivity (Wildman–Crippen MR) is 79.5 cm³/mol. The van der Waals surface area contributed by atoms with Crippen molar-refractivity contribution < 1.29 is 0 Å². The van der Waals surface area contributed by atoms with Crippen molar-refractivity contribution in [1.29, 1.82) is 0 Å². The number of hydrogen-bond donors (Lipinski definition) is 0. The molecule has 0 aliphatic carbocycles. The highest BCUT2D eigenvalue weighted by Gasteiger charge is 2.04. The van der Waals surface area contributed by atoms with Gasteiger partial charge in [-0.1, -0.05) is 61.4 Å². The van der Waals surface area contributed by atoms with Gasteiger partial charge in [0.25, 0.3) is 0 Å². The topological polar surface area (TPSA) is 0 Å². The van der Waals surface area contributed by atoms with Crippen molar-refractivity contribution >= 4 is 23.4 Å². The van der Waals surface area contributed by atoms with Crippen LogP contribution in [0.3, 0.4) is 0 Å². The SMILES string of the molecule is CCCCC#CSCC(Cl)Cc1ccccc1. The van der Waals surface area contributed by atoms with Gasteiger partial charge in [0.2, 0.25) is 0 Å². The van der Waals surface area contributed by atoms with Crippen molar-refractivity contribution in [3.63, 3.8) is 0 Å². The minimum Gasteiger partial charge on any atom is -0.122 e. The molecule has 0 aromatic heterocycles. The fraction of sp³-hybridized carbons (Fsp3) is 0.467. The normalized spacial score (nSPS) is 11.6. The van der Waals surface area contributed by atoms with Crippen molar-refractivity contribution in [3.8, 4) is 11.2 Å². The van der Waals surface area contributed by atoms with Crippen LogP contribution in [0.2, 0.25) is 0 Å². The molecule has 0 fully saturated rings. The van der Waals surface area contributed by atoms with Crippen LogP contribution >= 0.6 is 23.4 Å². The van der Waals surface area contributed by atoms with Crippen molar-refractivity contribution in [2.75, 3.05) is 5.75 Å². The Bertz CT molecular complexity index is 350. The molecule has 0 nitrogen and oxygen atoms in total. The summed E-state index contributed by atoms with van der Waals surface area (Å²) < 4.78 is 0. The molecule has 0 bridgehead atoms. The summed E-state index contributed by atoms with van der Waals surface area (Å²) in [5.41, 5.74) is 1.30. The molecule has 0 aliphatic rings. The van der Waals surface area contributed by atoms with Crippen LogP contribution in [0.25, 0.3) is 0 Å². The van der Waals surface area contributed by atoms with Crippen LogP contribution in [0.1, 0.15) is 31.7 Å². The lowest BCUT2D eigenvalue weighted by Crippen LogP contribution is -2.05. The fourth-order valence-electron chi connectivity index (χ4n) is 1.43. The highest BCUT2D eigenvalue weighted by molar-refractivity contribution is 8.03. The van der Waals surface area contributed by atoms with Gasteiger partial charge in [0.1, 0.15) is 0 Å². The van der Waals surface area contributed by atoms with E-state index in [4.69, 9.17) is 11.6 Å². The molecule has 17 heavy (non-hydrogen) atoms. The van der Waals surface area contributed by atoms with Crippen LogP contribution < -0.4 is 0 Å². The number of hydrogen-bond acceptors (Lipinski definition) is 1. The quantitative estimate of drug-likeness (QED) is 0.408. The van der Waals surface area contributed by atoms with Gasteiger partial charge in [0.05, 0.1) is 0 Å². The van der Waals surface area contributed by atoms with Crippen molar-refractivity contribution in [2.24, 2.45) is 0 Å². The summed E-state index contributed by atoms with van der Waals surface area (Å²) >= 11 is 7.90. The minimum absolute atomic E-state index is 0.169. The van der Waals surface area contributed by atoms with Crippen molar-refractivity contribution in [1.82, 2.24) is 0 Å². The average molecular weight is 267 g/mol. The molecular formula is C15H19ClS. The zero-order chi connectivity index (χ0) is 12.3. The summed E-state index contributed by atoms with van der Waals surface area (Å²) in [5.74, 6) is 4.06. The van der Waals surface area contributed by atoms with Crippen LogP contribution in [0, 0.1) is 11.2 Å². The second-order valence-electron chi connectivity index (χ2n) is 3.98. The molecule has 0 saturated carbocycles. The molecule has 0 spiro atoms. The third-order valence-electron chi connectivity index (χ3n) is 2.36. The Morgan fingerprint density at radius 1 is 1.29 bits per heavy atom. The smallest absolute Gasteiger partial charge is 0.0476 e. The summed E-state index contributed by atoms with van der Waals surface area (Å²) in [6.45, 7) is 2.18. The fourth-order valence-corrected chi connectivity index (χ4v) is 2.38. The number of halogens is 1. The first-order chi connectivity index (χ1) is 8.33. The first-order valence-corrected chi connectivity index (χ1v) is 7.52. The molecular weight excluding hydrogens is 248 g/mol. The third kappa shape index (κ3) is 7.36. The van der Waals surface area contributed by atoms with Crippen molar-refractivity contribution in [2.45, 2.75) is 38.0 Å². The number of benzene rings is 1. The lowest BCUT2D eigenvalue weighted by atomic mass is 10.1. The van der Waals surface area contributed by atoms with E-state index >= 15 is 0 Å². The summed E-state index contributed by atoms with van der Waals surface area (Å²) in [7, 11) is 0. The van der Waals surface area contributed by atoms with Gasteiger partial charge in [0.15, 0.2) is 0 Å². The number of thioether (sulfide) groups is 1. The van der Waals surface area contributed by atoms with Gasteiger partial charge in [0, 0.05) is 17.6 Å². The molecule has 1 unspecified atom stereocenters. The molecule has 0 aliphatic heterocycles. The average Bonchev–Trinajstić information content (AvgIpc) is 2.35. The number of unbranched alkanes of at least 4 members (excludes halogenated alkanes) is 2. The summed E-state index contributed by atoms with van der Waals surface area (Å²) in [6, 6.07) is 10.4. The van der Waals surface area contributed by atoms with E-state index in [0.717, 1.165) is 18.6 Å². The Hall–Kier alpha value is -0.580. The maximum absolute atomic E-state index is 6.27. The van der Waals surface area contributed by atoms with E-state index in [2.05, 4.69) is 42.4 Å². The molecule has 1 aromatic rings. The summed E-state index contributed by atoms with van der Waals surface area (Å²) in [4.78, 5) is 0. The number of alkyl halides is 1. The highest BCUT2D eigenvalue weighted by Crippen LogP contribution is 2.13. The van der Waals surface area contributed by atoms with Gasteiger partial charge in [-0.2, -0.15) is 0 Å². The van der Waals surface area contributed by atoms with E-state index in [1.165, 1.54) is 18.4 Å². The minimum atomic E-state index is 0.169. The van der Waals surface area contributed by atoms with Crippen LogP contribution in [0.4, 0.5) is 0 Å². The lowest BCUT2D eigenvalue weighted by Gasteiger charge is -2.06. The maximum Gasteiger partial charge on any atom is 0.0476 e. The standard InChI is InChI=1S/C15H19ClS/c1-2-3-4-8-11-17-13-15(16)12-14-9-6-5-7-10-14/h5-7,9-10,15H,2-4,12-13H2,1H3. The molecule has 1 atom stereocenters. The van der Waals surface area contributed by atoms with Crippen LogP contribution in [-0.4, -0.2) is 11.1 Å².